The fourth-order valence-corrected chi connectivity index (χ4v) is 0.955. The number of hydrogen-bond acceptors (Lipinski definition) is 1. The van der Waals surface area contributed by atoms with Gasteiger partial charge in [-0.25, -0.2) is 0 Å². The lowest BCUT2D eigenvalue weighted by atomic mass is 10.1. The summed E-state index contributed by atoms with van der Waals surface area (Å²) in [5.74, 6) is 0. The van der Waals surface area contributed by atoms with Gasteiger partial charge < -0.3 is 4.74 Å². The van der Waals surface area contributed by atoms with Crippen molar-refractivity contribution >= 4 is 0 Å². The summed E-state index contributed by atoms with van der Waals surface area (Å²) in [6.45, 7) is 5.14. The van der Waals surface area contributed by atoms with Gasteiger partial charge in [-0.3, -0.25) is 0 Å². The Kier molecular flexibility index (Phi) is 2.29. The average molecular weight is 126 g/mol. The van der Waals surface area contributed by atoms with Crippen LogP contribution in [0.2, 0.25) is 0 Å². The molecule has 0 saturated heterocycles. The Morgan fingerprint density at radius 2 is 2.56 bits per heavy atom. The Morgan fingerprint density at radius 1 is 1.78 bits per heavy atom. The summed E-state index contributed by atoms with van der Waals surface area (Å²) < 4.78 is 5.41. The predicted molar refractivity (Wildman–Crippen MR) is 38.4 cm³/mol. The van der Waals surface area contributed by atoms with Gasteiger partial charge in [-0.1, -0.05) is 13.0 Å². The van der Waals surface area contributed by atoms with Gasteiger partial charge in [0, 0.05) is 0 Å². The molecule has 0 radical (unpaired) electrons. The van der Waals surface area contributed by atoms with Crippen LogP contribution >= 0.6 is 0 Å². The van der Waals surface area contributed by atoms with Gasteiger partial charge in [0.15, 0.2) is 0 Å². The second kappa shape index (κ2) is 3.02. The Bertz CT molecular complexity index is 116. The van der Waals surface area contributed by atoms with Gasteiger partial charge in [-0.15, -0.1) is 0 Å². The zero-order valence-corrected chi connectivity index (χ0v) is 6.18. The summed E-state index contributed by atoms with van der Waals surface area (Å²) >= 11 is 0. The Balaban J connectivity index is 2.40. The van der Waals surface area contributed by atoms with Gasteiger partial charge in [0.25, 0.3) is 0 Å². The summed E-state index contributed by atoms with van der Waals surface area (Å²) in [6.07, 6.45) is 4.99. The van der Waals surface area contributed by atoms with Crippen LogP contribution in [0.1, 0.15) is 26.7 Å². The second-order valence-electron chi connectivity index (χ2n) is 2.57. The molecule has 1 nitrogen and oxygen atoms in total. The van der Waals surface area contributed by atoms with E-state index in [0.29, 0.717) is 6.10 Å². The third-order valence-electron chi connectivity index (χ3n) is 1.75. The molecule has 1 unspecified atom stereocenters. The molecule has 0 bridgehead atoms. The molecule has 1 heteroatoms. The molecule has 0 fully saturated rings. The van der Waals surface area contributed by atoms with E-state index in [-0.39, 0.29) is 0 Å². The van der Waals surface area contributed by atoms with E-state index in [4.69, 9.17) is 4.74 Å². The molecular formula is C8H14O. The van der Waals surface area contributed by atoms with E-state index < -0.39 is 0 Å². The van der Waals surface area contributed by atoms with Gasteiger partial charge in [0.1, 0.15) is 0 Å². The fraction of sp³-hybridized carbons (Fsp3) is 0.750. The van der Waals surface area contributed by atoms with Crippen LogP contribution in [0, 0.1) is 0 Å². The van der Waals surface area contributed by atoms with E-state index in [1.165, 1.54) is 5.57 Å². The monoisotopic (exact) mass is 126 g/mol. The Hall–Kier alpha value is -0.300. The Morgan fingerprint density at radius 3 is 3.00 bits per heavy atom. The van der Waals surface area contributed by atoms with Crippen molar-refractivity contribution in [1.29, 1.82) is 0 Å². The predicted octanol–water partition coefficient (Wildman–Crippen LogP) is 2.13. The topological polar surface area (TPSA) is 9.23 Å². The van der Waals surface area contributed by atoms with Gasteiger partial charge in [-0.2, -0.15) is 0 Å². The van der Waals surface area contributed by atoms with Gasteiger partial charge in [0.2, 0.25) is 0 Å². The first kappa shape index (κ1) is 6.81. The standard InChI is InChI=1S/C8H14O/c1-3-8-5-4-7(2)9-6-8/h5,7H,3-4,6H2,1-2H3. The molecule has 0 aromatic carbocycles. The normalized spacial score (nSPS) is 27.8. The van der Waals surface area contributed by atoms with Crippen LogP contribution in [-0.4, -0.2) is 12.7 Å². The van der Waals surface area contributed by atoms with E-state index in [0.717, 1.165) is 19.4 Å². The maximum Gasteiger partial charge on any atom is 0.0680 e. The largest absolute Gasteiger partial charge is 0.374 e. The van der Waals surface area contributed by atoms with Crippen molar-refractivity contribution in [1.82, 2.24) is 0 Å². The minimum Gasteiger partial charge on any atom is -0.374 e. The molecule has 0 aromatic heterocycles. The van der Waals surface area contributed by atoms with Crippen molar-refractivity contribution in [3.8, 4) is 0 Å². The second-order valence-corrected chi connectivity index (χ2v) is 2.57. The SMILES string of the molecule is CCC1=CCC(C)OC1. The molecule has 0 N–H and O–H groups in total. The fourth-order valence-electron chi connectivity index (χ4n) is 0.955. The van der Waals surface area contributed by atoms with Crippen LogP contribution in [0.15, 0.2) is 11.6 Å². The van der Waals surface area contributed by atoms with E-state index in [1.807, 2.05) is 0 Å². The van der Waals surface area contributed by atoms with Crippen LogP contribution in [0.3, 0.4) is 0 Å². The van der Waals surface area contributed by atoms with E-state index >= 15 is 0 Å². The molecule has 1 atom stereocenters. The summed E-state index contributed by atoms with van der Waals surface area (Å²) in [7, 11) is 0. The first-order valence-electron chi connectivity index (χ1n) is 3.62. The minimum absolute atomic E-state index is 0.445. The molecular weight excluding hydrogens is 112 g/mol. The summed E-state index contributed by atoms with van der Waals surface area (Å²) in [5, 5.41) is 0. The first-order chi connectivity index (χ1) is 4.33. The lowest BCUT2D eigenvalue weighted by Gasteiger charge is -2.18. The molecule has 52 valence electrons. The first-order valence-corrected chi connectivity index (χ1v) is 3.62. The van der Waals surface area contributed by atoms with Crippen LogP contribution in [0.5, 0.6) is 0 Å². The summed E-state index contributed by atoms with van der Waals surface area (Å²) in [6, 6.07) is 0. The maximum absolute atomic E-state index is 5.41. The summed E-state index contributed by atoms with van der Waals surface area (Å²) in [4.78, 5) is 0. The van der Waals surface area contributed by atoms with Gasteiger partial charge >= 0.3 is 0 Å². The number of rotatable bonds is 1. The minimum atomic E-state index is 0.445. The lowest BCUT2D eigenvalue weighted by molar-refractivity contribution is 0.0743. The highest BCUT2D eigenvalue weighted by Crippen LogP contribution is 2.13. The highest BCUT2D eigenvalue weighted by molar-refractivity contribution is 5.04. The molecule has 0 spiro atoms. The van der Waals surface area contributed by atoms with Crippen molar-refractivity contribution in [2.75, 3.05) is 6.61 Å². The van der Waals surface area contributed by atoms with Crippen molar-refractivity contribution in [3.63, 3.8) is 0 Å². The van der Waals surface area contributed by atoms with Crippen LogP contribution in [0.4, 0.5) is 0 Å². The number of ether oxygens (including phenoxy) is 1. The maximum atomic E-state index is 5.41. The van der Waals surface area contributed by atoms with Crippen molar-refractivity contribution in [2.45, 2.75) is 32.8 Å². The average Bonchev–Trinajstić information content (AvgIpc) is 1.90. The zero-order valence-electron chi connectivity index (χ0n) is 6.18. The molecule has 9 heavy (non-hydrogen) atoms. The lowest BCUT2D eigenvalue weighted by Crippen LogP contribution is -2.14. The Labute approximate surface area is 56.7 Å². The van der Waals surface area contributed by atoms with Crippen LogP contribution in [-0.2, 0) is 4.74 Å². The van der Waals surface area contributed by atoms with E-state index in [2.05, 4.69) is 19.9 Å². The van der Waals surface area contributed by atoms with Crippen molar-refractivity contribution < 1.29 is 4.74 Å². The highest BCUT2D eigenvalue weighted by atomic mass is 16.5. The third kappa shape index (κ3) is 1.83. The van der Waals surface area contributed by atoms with E-state index in [9.17, 15) is 0 Å². The van der Waals surface area contributed by atoms with Crippen molar-refractivity contribution in [2.24, 2.45) is 0 Å². The summed E-state index contributed by atoms with van der Waals surface area (Å²) in [5.41, 5.74) is 1.45. The highest BCUT2D eigenvalue weighted by Gasteiger charge is 2.07. The molecule has 1 rings (SSSR count). The molecule has 0 aromatic rings. The van der Waals surface area contributed by atoms with Gasteiger partial charge in [0.05, 0.1) is 12.7 Å². The zero-order chi connectivity index (χ0) is 6.69. The molecule has 1 aliphatic heterocycles. The van der Waals surface area contributed by atoms with Crippen LogP contribution in [0.25, 0.3) is 0 Å². The van der Waals surface area contributed by atoms with Crippen LogP contribution < -0.4 is 0 Å². The molecule has 0 amide bonds. The molecule has 0 aliphatic carbocycles. The molecule has 0 saturated carbocycles. The third-order valence-corrected chi connectivity index (χ3v) is 1.75. The smallest absolute Gasteiger partial charge is 0.0680 e. The van der Waals surface area contributed by atoms with E-state index in [1.54, 1.807) is 0 Å². The number of hydrogen-bond donors (Lipinski definition) is 0. The van der Waals surface area contributed by atoms with Crippen molar-refractivity contribution in [3.05, 3.63) is 11.6 Å². The van der Waals surface area contributed by atoms with Gasteiger partial charge in [-0.05, 0) is 25.3 Å². The molecule has 1 heterocycles. The quantitative estimate of drug-likeness (QED) is 0.489. The molecule has 1 aliphatic rings.